The van der Waals surface area contributed by atoms with Crippen molar-refractivity contribution in [3.63, 3.8) is 0 Å². The second-order valence-corrected chi connectivity index (χ2v) is 22.2. The molecular formula is C72H87NO20S2. The maximum Gasteiger partial charge on any atom is 0.423 e. The molecule has 3 N–H and O–H groups in total. The number of ketones is 4. The van der Waals surface area contributed by atoms with Crippen LogP contribution in [0, 0.1) is 0 Å². The van der Waals surface area contributed by atoms with Crippen LogP contribution in [0.4, 0.5) is 0 Å². The number of aliphatic hydroxyl groups is 1. The van der Waals surface area contributed by atoms with Crippen LogP contribution in [0.1, 0.15) is 107 Å². The molecule has 1 saturated heterocycles. The average molecular weight is 1350 g/mol. The third-order valence-electron chi connectivity index (χ3n) is 13.8. The Morgan fingerprint density at radius 2 is 1.02 bits per heavy atom. The highest BCUT2D eigenvalue weighted by Crippen LogP contribution is 2.32. The molecule has 0 unspecified atom stereocenters. The molecule has 0 atom stereocenters. The standard InChI is InChI=1S/C16H16O3.C15H21NO2S.C13H16O2.C11H12O3.C10H10O2.C7H10O3.H2O5S/c1-18-16(19-2,14-11-7-4-8-12-14)15(17)13-9-5-3-6-10-13;1-15(2,16-7-9-18-10-8-16)14(17)13-5-3-12(11-19)4-6-13;14-12(11-7-3-1-4-8-11)13(15)9-5-2-6-10-13;1-2-11(12)14-9-8-13-10-6-4-3-5-7-10;1-2-10(11)12-8-9-6-4-3-5-7-9;1-3-7(9)10-5-4-6(2)8;1-5-6(2,3)4/h3-12H,1-2H3;3-6,19H,7-11H2,1-2H3;1,3-4,7-8,15H,2,5-6,9-10H2;2-7H,1,8-9H2;2-7H,1,8H2;3H,1,4-5H2,2H3;1H,(H,2,3,4). The number of rotatable bonds is 24. The van der Waals surface area contributed by atoms with E-state index in [9.17, 15) is 38.7 Å². The summed E-state index contributed by atoms with van der Waals surface area (Å²) in [6.45, 7) is 19.3. The molecule has 8 rings (SSSR count). The van der Waals surface area contributed by atoms with Gasteiger partial charge in [-0.25, -0.2) is 19.6 Å². The van der Waals surface area contributed by atoms with Gasteiger partial charge in [0.15, 0.2) is 11.6 Å². The number of ether oxygens (including phenoxy) is 7. The van der Waals surface area contributed by atoms with Crippen LogP contribution in [-0.4, -0.2) is 141 Å². The number of carbonyl (C=O) groups excluding carboxylic acids is 7. The highest BCUT2D eigenvalue weighted by molar-refractivity contribution is 7.80. The Hall–Kier alpha value is -8.59. The molecule has 1 saturated carbocycles. The van der Waals surface area contributed by atoms with Gasteiger partial charge in [0.2, 0.25) is 5.78 Å². The number of para-hydroxylation sites is 1. The molecule has 0 aromatic heterocycles. The molecule has 0 radical (unpaired) electrons. The van der Waals surface area contributed by atoms with E-state index in [0.717, 1.165) is 73.0 Å². The first kappa shape index (κ1) is 82.5. The van der Waals surface area contributed by atoms with Crippen molar-refractivity contribution in [3.8, 4) is 5.75 Å². The van der Waals surface area contributed by atoms with Crippen molar-refractivity contribution >= 4 is 64.1 Å². The summed E-state index contributed by atoms with van der Waals surface area (Å²) >= 11 is 4.23. The molecule has 0 amide bonds. The molecule has 6 aromatic carbocycles. The molecule has 95 heavy (non-hydrogen) atoms. The van der Waals surface area contributed by atoms with Gasteiger partial charge in [0.25, 0.3) is 5.79 Å². The second-order valence-electron chi connectivity index (χ2n) is 20.9. The quantitative estimate of drug-likeness (QED) is 0.00418. The first-order valence-electron chi connectivity index (χ1n) is 29.9. The topological polar surface area (TPSA) is 291 Å². The number of hydrogen-bond acceptors (Lipinski definition) is 21. The zero-order chi connectivity index (χ0) is 70.6. The van der Waals surface area contributed by atoms with E-state index >= 15 is 0 Å². The summed E-state index contributed by atoms with van der Waals surface area (Å²) in [5.74, 6) is -1.39. The van der Waals surface area contributed by atoms with E-state index in [1.807, 2.05) is 166 Å². The van der Waals surface area contributed by atoms with Crippen LogP contribution in [-0.2, 0) is 80.5 Å². The molecule has 2 aliphatic rings. The number of nitrogens with zero attached hydrogens (tertiary/aromatic N) is 1. The molecule has 1 aliphatic heterocycles. The number of carbonyl (C=O) groups is 7. The Labute approximate surface area is 562 Å². The lowest BCUT2D eigenvalue weighted by molar-refractivity contribution is -0.176. The minimum absolute atomic E-state index is 0.0110. The van der Waals surface area contributed by atoms with Crippen LogP contribution >= 0.6 is 12.6 Å². The van der Waals surface area contributed by atoms with Crippen molar-refractivity contribution in [3.05, 3.63) is 247 Å². The van der Waals surface area contributed by atoms with E-state index < -0.39 is 39.3 Å². The molecule has 0 bridgehead atoms. The zero-order valence-corrected chi connectivity index (χ0v) is 56.0. The SMILES string of the molecule is C=CC(=O)OCCC(C)=O.C=CC(=O)OCCOc1ccccc1.C=CC(=O)OCc1ccccc1.CC(C)(C(=O)c1ccc(CS)cc1)N1CCOCC1.COC(OC)(C(=O)c1ccccc1)c1ccccc1.O=C(c1ccccc1)C1(O)CCCCC1.O=S(=O)(O)OO. The van der Waals surface area contributed by atoms with E-state index in [-0.39, 0.29) is 48.7 Å². The van der Waals surface area contributed by atoms with Crippen LogP contribution in [0.3, 0.4) is 0 Å². The largest absolute Gasteiger partial charge is 0.490 e. The third kappa shape index (κ3) is 31.9. The van der Waals surface area contributed by atoms with Crippen LogP contribution in [0.15, 0.2) is 214 Å². The van der Waals surface area contributed by atoms with Gasteiger partial charge >= 0.3 is 28.3 Å². The highest BCUT2D eigenvalue weighted by atomic mass is 32.3. The van der Waals surface area contributed by atoms with Gasteiger partial charge in [-0.05, 0) is 56.9 Å². The van der Waals surface area contributed by atoms with Crippen molar-refractivity contribution < 1.29 is 94.4 Å². The first-order chi connectivity index (χ1) is 45.4. The van der Waals surface area contributed by atoms with Gasteiger partial charge in [0.05, 0.1) is 25.4 Å². The molecule has 1 aliphatic carbocycles. The van der Waals surface area contributed by atoms with Gasteiger partial charge in [0.1, 0.15) is 37.0 Å². The Balaban J connectivity index is 0.000000386. The number of thiol groups is 1. The smallest absolute Gasteiger partial charge is 0.423 e. The second kappa shape index (κ2) is 45.7. The lowest BCUT2D eigenvalue weighted by atomic mass is 9.79. The first-order valence-corrected chi connectivity index (χ1v) is 31.9. The Morgan fingerprint density at radius 3 is 1.47 bits per heavy atom. The molecule has 23 heteroatoms. The Kier molecular flexibility index (Phi) is 39.7. The molecular weight excluding hydrogens is 1260 g/mol. The average Bonchev–Trinajstić information content (AvgIpc) is 0.808. The summed E-state index contributed by atoms with van der Waals surface area (Å²) in [5, 5.41) is 17.3. The zero-order valence-electron chi connectivity index (χ0n) is 54.3. The molecule has 0 spiro atoms. The van der Waals surface area contributed by atoms with Crippen molar-refractivity contribution in [1.82, 2.24) is 4.90 Å². The van der Waals surface area contributed by atoms with Crippen LogP contribution < -0.4 is 4.74 Å². The van der Waals surface area contributed by atoms with Crippen molar-refractivity contribution in [1.29, 1.82) is 0 Å². The lowest BCUT2D eigenvalue weighted by Gasteiger charge is -2.39. The summed E-state index contributed by atoms with van der Waals surface area (Å²) in [5.41, 5.74) is 3.15. The molecule has 6 aromatic rings. The molecule has 2 fully saturated rings. The number of methoxy groups -OCH3 is 2. The van der Waals surface area contributed by atoms with E-state index in [1.165, 1.54) is 21.1 Å². The van der Waals surface area contributed by atoms with Gasteiger partial charge < -0.3 is 38.3 Å². The van der Waals surface area contributed by atoms with Crippen LogP contribution in [0.25, 0.3) is 0 Å². The monoisotopic (exact) mass is 1350 g/mol. The minimum atomic E-state index is -4.61. The van der Waals surface area contributed by atoms with Crippen molar-refractivity contribution in [2.24, 2.45) is 0 Å². The normalized spacial score (nSPS) is 13.0. The van der Waals surface area contributed by atoms with Gasteiger partial charge in [0, 0.05) is 80.0 Å². The summed E-state index contributed by atoms with van der Waals surface area (Å²) in [4.78, 5) is 81.5. The Bertz CT molecular complexity index is 3360. The van der Waals surface area contributed by atoms with Crippen LogP contribution in [0.2, 0.25) is 0 Å². The van der Waals surface area contributed by atoms with E-state index in [4.69, 9.17) is 46.6 Å². The molecule has 21 nitrogen and oxygen atoms in total. The van der Waals surface area contributed by atoms with Crippen LogP contribution in [0.5, 0.6) is 5.75 Å². The number of morpholine rings is 1. The fraction of sp³-hybridized carbons (Fsp3) is 0.319. The number of hydrogen-bond donors (Lipinski definition) is 4. The maximum atomic E-state index is 12.7. The van der Waals surface area contributed by atoms with Crippen molar-refractivity contribution in [2.45, 2.75) is 88.6 Å². The predicted octanol–water partition coefficient (Wildman–Crippen LogP) is 11.7. The summed E-state index contributed by atoms with van der Waals surface area (Å²) in [6, 6.07) is 53.9. The molecule has 512 valence electrons. The highest BCUT2D eigenvalue weighted by Gasteiger charge is 2.42. The van der Waals surface area contributed by atoms with Crippen molar-refractivity contribution in [2.75, 3.05) is 60.3 Å². The van der Waals surface area contributed by atoms with E-state index in [0.29, 0.717) is 61.7 Å². The van der Waals surface area contributed by atoms with E-state index in [1.54, 1.807) is 24.3 Å². The number of Topliss-reactive ketones (excluding diaryl/α,β-unsaturated/α-hetero) is 4. The number of esters is 3. The van der Waals surface area contributed by atoms with E-state index in [2.05, 4.69) is 46.3 Å². The predicted molar refractivity (Wildman–Crippen MR) is 363 cm³/mol. The fourth-order valence-electron chi connectivity index (χ4n) is 8.69. The summed E-state index contributed by atoms with van der Waals surface area (Å²) < 4.78 is 63.5. The number of benzene rings is 6. The minimum Gasteiger partial charge on any atom is -0.490 e. The van der Waals surface area contributed by atoms with Gasteiger partial charge in [-0.1, -0.05) is 207 Å². The third-order valence-corrected chi connectivity index (χ3v) is 14.4. The maximum absolute atomic E-state index is 12.7. The van der Waals surface area contributed by atoms with Gasteiger partial charge in [-0.15, -0.1) is 0 Å². The molecule has 1 heterocycles. The summed E-state index contributed by atoms with van der Waals surface area (Å²) in [6.07, 6.45) is 7.89. The van der Waals surface area contributed by atoms with Gasteiger partial charge in [-0.3, -0.25) is 28.6 Å². The lowest BCUT2D eigenvalue weighted by Crippen LogP contribution is -2.54. The Morgan fingerprint density at radius 1 is 0.589 bits per heavy atom. The summed E-state index contributed by atoms with van der Waals surface area (Å²) in [7, 11) is -1.67. The fourth-order valence-corrected chi connectivity index (χ4v) is 8.91. The van der Waals surface area contributed by atoms with Gasteiger partial charge in [-0.2, -0.15) is 21.0 Å².